The van der Waals surface area contributed by atoms with E-state index in [2.05, 4.69) is 96.4 Å². The molecular weight excluding hydrogens is 613 g/mol. The molecule has 0 atom stereocenters. The Labute approximate surface area is 273 Å². The van der Waals surface area contributed by atoms with Gasteiger partial charge in [-0.3, -0.25) is 0 Å². The van der Waals surface area contributed by atoms with E-state index in [-0.39, 0.29) is 5.57 Å². The first-order valence-electron chi connectivity index (χ1n) is 15.1. The summed E-state index contributed by atoms with van der Waals surface area (Å²) in [7, 11) is 0. The van der Waals surface area contributed by atoms with E-state index in [0.29, 0.717) is 0 Å². The van der Waals surface area contributed by atoms with Crippen LogP contribution in [0.15, 0.2) is 96.6 Å². The summed E-state index contributed by atoms with van der Waals surface area (Å²) in [5.74, 6) is -1.20. The first-order valence-corrected chi connectivity index (χ1v) is 17.6. The lowest BCUT2D eigenvalue weighted by Crippen LogP contribution is -1.96. The lowest BCUT2D eigenvalue weighted by molar-refractivity contribution is -0.132. The third kappa shape index (κ3) is 5.62. The predicted octanol–water partition coefficient (Wildman–Crippen LogP) is 11.6. The Balaban J connectivity index is 1.24. The van der Waals surface area contributed by atoms with Crippen LogP contribution in [0, 0.1) is 11.3 Å². The van der Waals surface area contributed by atoms with Gasteiger partial charge in [0, 0.05) is 45.4 Å². The molecule has 0 unspecified atom stereocenters. The first-order chi connectivity index (χ1) is 22.0. The lowest BCUT2D eigenvalue weighted by atomic mass is 10.0. The number of para-hydroxylation sites is 2. The van der Waals surface area contributed by atoms with E-state index >= 15 is 0 Å². The number of carbonyl (C=O) groups is 1. The number of hydrogen-bond acceptors (Lipinski definition) is 5. The number of carboxylic acid groups (broad SMARTS) is 1. The van der Waals surface area contributed by atoms with Crippen molar-refractivity contribution in [3.05, 3.63) is 107 Å². The summed E-state index contributed by atoms with van der Waals surface area (Å²) in [6.45, 7) is 2.25. The molecule has 0 saturated carbocycles. The maximum absolute atomic E-state index is 11.3. The summed E-state index contributed by atoms with van der Waals surface area (Å²) < 4.78 is 4.58. The Hall–Kier alpha value is -4.48. The van der Waals surface area contributed by atoms with Crippen LogP contribution in [0.4, 0.5) is 0 Å². The molecular formula is C38H30N2O2S3. The summed E-state index contributed by atoms with van der Waals surface area (Å²) in [6, 6.07) is 34.6. The van der Waals surface area contributed by atoms with Gasteiger partial charge in [0.05, 0.1) is 11.0 Å². The molecule has 0 spiro atoms. The van der Waals surface area contributed by atoms with Crippen molar-refractivity contribution in [1.82, 2.24) is 4.57 Å². The zero-order chi connectivity index (χ0) is 30.9. The fourth-order valence-corrected chi connectivity index (χ4v) is 9.65. The molecule has 4 heterocycles. The predicted molar refractivity (Wildman–Crippen MR) is 192 cm³/mol. The average Bonchev–Trinajstić information content (AvgIpc) is 3.82. The lowest BCUT2D eigenvalue weighted by Gasteiger charge is -2.10. The van der Waals surface area contributed by atoms with Crippen molar-refractivity contribution in [2.45, 2.75) is 39.0 Å². The van der Waals surface area contributed by atoms with E-state index in [0.717, 1.165) is 26.4 Å². The van der Waals surface area contributed by atoms with Gasteiger partial charge in [-0.2, -0.15) is 5.26 Å². The average molecular weight is 643 g/mol. The van der Waals surface area contributed by atoms with Crippen LogP contribution in [0.2, 0.25) is 0 Å². The summed E-state index contributed by atoms with van der Waals surface area (Å²) >= 11 is 5.10. The molecule has 0 saturated heterocycles. The number of unbranched alkanes of at least 4 members (excludes halogenated alkanes) is 3. The van der Waals surface area contributed by atoms with E-state index in [9.17, 15) is 9.90 Å². The van der Waals surface area contributed by atoms with Gasteiger partial charge in [-0.05, 0) is 72.5 Å². The maximum Gasteiger partial charge on any atom is 0.346 e. The van der Waals surface area contributed by atoms with Gasteiger partial charge in [0.15, 0.2) is 0 Å². The van der Waals surface area contributed by atoms with Crippen molar-refractivity contribution in [2.24, 2.45) is 0 Å². The van der Waals surface area contributed by atoms with Crippen LogP contribution in [0.3, 0.4) is 0 Å². The number of benzene rings is 3. The van der Waals surface area contributed by atoms with Crippen LogP contribution in [0.1, 0.15) is 43.0 Å². The van der Waals surface area contributed by atoms with E-state index in [4.69, 9.17) is 5.26 Å². The molecule has 0 fully saturated rings. The molecule has 0 aliphatic heterocycles. The van der Waals surface area contributed by atoms with E-state index in [1.807, 2.05) is 17.4 Å². The Morgan fingerprint density at radius 2 is 1.49 bits per heavy atom. The van der Waals surface area contributed by atoms with Crippen molar-refractivity contribution >= 4 is 77.3 Å². The number of fused-ring (bicyclic) bond motifs is 4. The highest BCUT2D eigenvalue weighted by molar-refractivity contribution is 7.31. The monoisotopic (exact) mass is 642 g/mol. The summed E-state index contributed by atoms with van der Waals surface area (Å²) in [4.78, 5) is 15.9. The minimum atomic E-state index is -1.20. The molecule has 222 valence electrons. The minimum Gasteiger partial charge on any atom is -0.477 e. The second-order valence-corrected chi connectivity index (χ2v) is 14.4. The SMILES string of the molecule is CCCCCCc1cc(-c2cc3sc(/C=C(\C#N)C(=O)O)cc3s2)sc1-c1ccc(-n2c3ccccc3c3ccccc32)cc1. The van der Waals surface area contributed by atoms with Gasteiger partial charge in [0.25, 0.3) is 0 Å². The number of nitrogens with zero attached hydrogens (tertiary/aromatic N) is 2. The van der Waals surface area contributed by atoms with Crippen LogP contribution < -0.4 is 0 Å². The molecule has 4 nitrogen and oxygen atoms in total. The zero-order valence-corrected chi connectivity index (χ0v) is 27.2. The molecule has 7 rings (SSSR count). The molecule has 0 aliphatic carbocycles. The van der Waals surface area contributed by atoms with Crippen LogP contribution in [0.5, 0.6) is 0 Å². The van der Waals surface area contributed by atoms with Gasteiger partial charge in [-0.15, -0.1) is 34.0 Å². The van der Waals surface area contributed by atoms with Crippen LogP contribution in [-0.4, -0.2) is 15.6 Å². The number of aromatic nitrogens is 1. The number of rotatable bonds is 10. The van der Waals surface area contributed by atoms with Gasteiger partial charge < -0.3 is 9.67 Å². The van der Waals surface area contributed by atoms with Crippen molar-refractivity contribution in [3.8, 4) is 32.0 Å². The summed E-state index contributed by atoms with van der Waals surface area (Å²) in [6.07, 6.45) is 7.41. The molecule has 0 bridgehead atoms. The third-order valence-electron chi connectivity index (χ3n) is 8.18. The third-order valence-corrected chi connectivity index (χ3v) is 11.8. The molecule has 45 heavy (non-hydrogen) atoms. The fraction of sp³-hybridized carbons (Fsp3) is 0.158. The highest BCUT2D eigenvalue weighted by Gasteiger charge is 2.17. The Kier molecular flexibility index (Phi) is 8.12. The minimum absolute atomic E-state index is 0.246. The van der Waals surface area contributed by atoms with Crippen molar-refractivity contribution in [1.29, 1.82) is 5.26 Å². The van der Waals surface area contributed by atoms with Crippen molar-refractivity contribution in [3.63, 3.8) is 0 Å². The summed E-state index contributed by atoms with van der Waals surface area (Å²) in [5, 5.41) is 20.9. The molecule has 0 amide bonds. The number of thiophene rings is 3. The second-order valence-electron chi connectivity index (χ2n) is 11.2. The maximum atomic E-state index is 11.3. The van der Waals surface area contributed by atoms with Gasteiger partial charge in [-0.25, -0.2) is 4.79 Å². The van der Waals surface area contributed by atoms with Crippen molar-refractivity contribution < 1.29 is 9.90 Å². The molecule has 7 aromatic rings. The summed E-state index contributed by atoms with van der Waals surface area (Å²) in [5.41, 5.74) is 5.97. The number of nitriles is 1. The Bertz CT molecular complexity index is 2170. The highest BCUT2D eigenvalue weighted by Crippen LogP contribution is 2.45. The number of hydrogen-bond donors (Lipinski definition) is 1. The van der Waals surface area contributed by atoms with Gasteiger partial charge in [0.2, 0.25) is 0 Å². The van der Waals surface area contributed by atoms with E-state index < -0.39 is 5.97 Å². The highest BCUT2D eigenvalue weighted by atomic mass is 32.1. The molecule has 4 aromatic heterocycles. The van der Waals surface area contributed by atoms with E-state index in [1.165, 1.54) is 90.7 Å². The molecule has 3 aromatic carbocycles. The van der Waals surface area contributed by atoms with Crippen LogP contribution in [-0.2, 0) is 11.2 Å². The van der Waals surface area contributed by atoms with E-state index in [1.54, 1.807) is 17.4 Å². The Morgan fingerprint density at radius 1 is 0.822 bits per heavy atom. The quantitative estimate of drug-likeness (QED) is 0.0917. The molecule has 0 radical (unpaired) electrons. The zero-order valence-electron chi connectivity index (χ0n) is 24.7. The fourth-order valence-electron chi connectivity index (χ4n) is 6.02. The van der Waals surface area contributed by atoms with Crippen LogP contribution >= 0.6 is 34.0 Å². The van der Waals surface area contributed by atoms with Crippen LogP contribution in [0.25, 0.3) is 63.2 Å². The number of aliphatic carboxylic acids is 1. The molecule has 0 aliphatic rings. The van der Waals surface area contributed by atoms with Crippen molar-refractivity contribution in [2.75, 3.05) is 0 Å². The first kappa shape index (κ1) is 29.2. The normalized spacial score (nSPS) is 12.0. The van der Waals surface area contributed by atoms with Gasteiger partial charge in [0.1, 0.15) is 11.6 Å². The van der Waals surface area contributed by atoms with Gasteiger partial charge in [-0.1, -0.05) is 74.7 Å². The standard InChI is InChI=1S/C38H30N2O2S3/c1-2-3-4-5-10-25-20-33(36-22-35-34(44-36)21-28(43-35)19-26(23-39)38(41)42)45-37(25)24-15-17-27(18-16-24)40-31-13-8-6-11-29(31)30-12-7-9-14-32(30)40/h6-9,11-22H,2-5,10H2,1H3,(H,41,42)/b26-19+. The number of aryl methyl sites for hydroxylation is 1. The molecule has 7 heteroatoms. The smallest absolute Gasteiger partial charge is 0.346 e. The number of carboxylic acids is 1. The van der Waals surface area contributed by atoms with Gasteiger partial charge >= 0.3 is 5.97 Å². The largest absolute Gasteiger partial charge is 0.477 e. The topological polar surface area (TPSA) is 66.0 Å². The second kappa shape index (κ2) is 12.5. The Morgan fingerprint density at radius 3 is 2.13 bits per heavy atom. The molecule has 1 N–H and O–H groups in total.